The van der Waals surface area contributed by atoms with Crippen molar-refractivity contribution in [3.8, 4) is 11.3 Å². The zero-order valence-corrected chi connectivity index (χ0v) is 12.5. The molecule has 2 heterocycles. The third-order valence-electron chi connectivity index (χ3n) is 2.67. The molecule has 3 rings (SSSR count). The van der Waals surface area contributed by atoms with Gasteiger partial charge in [0.05, 0.1) is 4.91 Å². The van der Waals surface area contributed by atoms with E-state index in [0.29, 0.717) is 20.8 Å². The molecule has 0 saturated carbocycles. The van der Waals surface area contributed by atoms with E-state index in [9.17, 15) is 4.39 Å². The van der Waals surface area contributed by atoms with Crippen molar-refractivity contribution in [2.24, 2.45) is 0 Å². The second kappa shape index (κ2) is 5.47. The molecular formula is C14H8FNOS3. The monoisotopic (exact) mass is 321 g/mol. The van der Waals surface area contributed by atoms with Gasteiger partial charge in [-0.05, 0) is 42.5 Å². The molecule has 2 nitrogen and oxygen atoms in total. The normalized spacial score (nSPS) is 16.8. The Kier molecular flexibility index (Phi) is 3.69. The summed E-state index contributed by atoms with van der Waals surface area (Å²) in [4.78, 5) is 1.48. The largest absolute Gasteiger partial charge is 0.457 e. The molecule has 1 fully saturated rings. The fraction of sp³-hybridized carbons (Fsp3) is 0. The van der Waals surface area contributed by atoms with Crippen molar-refractivity contribution in [2.75, 3.05) is 0 Å². The van der Waals surface area contributed by atoms with E-state index in [1.165, 1.54) is 23.9 Å². The van der Waals surface area contributed by atoms with Crippen molar-refractivity contribution >= 4 is 51.6 Å². The summed E-state index contributed by atoms with van der Waals surface area (Å²) in [6, 6.07) is 9.85. The number of furan rings is 1. The van der Waals surface area contributed by atoms with Crippen molar-refractivity contribution in [1.82, 2.24) is 5.32 Å². The minimum Gasteiger partial charge on any atom is -0.457 e. The second-order valence-corrected chi connectivity index (χ2v) is 6.19. The Balaban J connectivity index is 1.87. The average Bonchev–Trinajstić information content (AvgIpc) is 2.98. The maximum absolute atomic E-state index is 12.9. The number of hydrogen-bond donors (Lipinski definition) is 1. The first kappa shape index (κ1) is 13.5. The first-order chi connectivity index (χ1) is 9.61. The molecule has 1 saturated heterocycles. The van der Waals surface area contributed by atoms with Crippen molar-refractivity contribution in [1.29, 1.82) is 0 Å². The van der Waals surface area contributed by atoms with Crippen LogP contribution < -0.4 is 5.32 Å². The quantitative estimate of drug-likeness (QED) is 0.654. The summed E-state index contributed by atoms with van der Waals surface area (Å²) < 4.78 is 19.2. The molecule has 0 spiro atoms. The highest BCUT2D eigenvalue weighted by Gasteiger charge is 2.19. The van der Waals surface area contributed by atoms with E-state index in [1.807, 2.05) is 18.2 Å². The van der Waals surface area contributed by atoms with Crippen LogP contribution in [0.25, 0.3) is 17.4 Å². The lowest BCUT2D eigenvalue weighted by atomic mass is 10.2. The van der Waals surface area contributed by atoms with Crippen LogP contribution in [0.5, 0.6) is 0 Å². The number of nitrogens with one attached hydrogen (secondary N) is 1. The average molecular weight is 321 g/mol. The Labute approximate surface area is 130 Å². The van der Waals surface area contributed by atoms with Crippen LogP contribution in [0.3, 0.4) is 0 Å². The molecule has 1 aliphatic heterocycles. The first-order valence-corrected chi connectivity index (χ1v) is 7.36. The molecular weight excluding hydrogens is 313 g/mol. The molecule has 0 atom stereocenters. The Hall–Kier alpha value is -1.50. The molecule has 20 heavy (non-hydrogen) atoms. The highest BCUT2D eigenvalue weighted by atomic mass is 32.2. The van der Waals surface area contributed by atoms with Gasteiger partial charge in [-0.25, -0.2) is 4.39 Å². The molecule has 1 N–H and O–H groups in total. The van der Waals surface area contributed by atoms with Crippen LogP contribution in [0.15, 0.2) is 45.7 Å². The first-order valence-electron chi connectivity index (χ1n) is 5.72. The van der Waals surface area contributed by atoms with Gasteiger partial charge in [0.1, 0.15) is 26.6 Å². The summed E-state index contributed by atoms with van der Waals surface area (Å²) in [6.45, 7) is 0. The molecule has 2 aromatic rings. The van der Waals surface area contributed by atoms with Crippen LogP contribution >= 0.6 is 36.2 Å². The molecule has 0 bridgehead atoms. The topological polar surface area (TPSA) is 25.2 Å². The predicted octanol–water partition coefficient (Wildman–Crippen LogP) is 4.38. The fourth-order valence-electron chi connectivity index (χ4n) is 1.75. The zero-order chi connectivity index (χ0) is 14.1. The summed E-state index contributed by atoms with van der Waals surface area (Å²) >= 11 is 11.6. The summed E-state index contributed by atoms with van der Waals surface area (Å²) in [5.74, 6) is 1.09. The van der Waals surface area contributed by atoms with E-state index in [-0.39, 0.29) is 5.82 Å². The standard InChI is InChI=1S/C14H8FNOS3/c15-9-3-1-8(2-4-9)11-6-5-10(17-11)7-12-13(18)16-14(19)20-12/h1-7H,(H,16,18,19). The second-order valence-electron chi connectivity index (χ2n) is 4.06. The minimum atomic E-state index is -0.269. The van der Waals surface area contributed by atoms with E-state index in [0.717, 1.165) is 10.5 Å². The molecule has 6 heteroatoms. The Morgan fingerprint density at radius 2 is 1.85 bits per heavy atom. The maximum atomic E-state index is 12.9. The highest BCUT2D eigenvalue weighted by molar-refractivity contribution is 8.27. The molecule has 0 aliphatic carbocycles. The predicted molar refractivity (Wildman–Crippen MR) is 88.0 cm³/mol. The van der Waals surface area contributed by atoms with Crippen LogP contribution in [-0.2, 0) is 0 Å². The molecule has 1 aromatic carbocycles. The number of thioether (sulfide) groups is 1. The Bertz CT molecular complexity index is 718. The molecule has 1 aliphatic rings. The molecule has 0 unspecified atom stereocenters. The van der Waals surface area contributed by atoms with Gasteiger partial charge in [0, 0.05) is 5.56 Å². The van der Waals surface area contributed by atoms with Crippen LogP contribution in [0.4, 0.5) is 4.39 Å². The Morgan fingerprint density at radius 1 is 1.10 bits per heavy atom. The van der Waals surface area contributed by atoms with Gasteiger partial charge in [0.2, 0.25) is 0 Å². The van der Waals surface area contributed by atoms with E-state index >= 15 is 0 Å². The van der Waals surface area contributed by atoms with Crippen molar-refractivity contribution in [3.05, 3.63) is 52.9 Å². The van der Waals surface area contributed by atoms with E-state index in [1.54, 1.807) is 12.1 Å². The summed E-state index contributed by atoms with van der Waals surface area (Å²) in [7, 11) is 0. The zero-order valence-electron chi connectivity index (χ0n) is 10.1. The van der Waals surface area contributed by atoms with E-state index in [2.05, 4.69) is 5.32 Å². The SMILES string of the molecule is Fc1ccc(-c2ccc(C=C3SC(=S)NC3=S)o2)cc1. The Morgan fingerprint density at radius 3 is 2.50 bits per heavy atom. The number of rotatable bonds is 2. The number of halogens is 1. The lowest BCUT2D eigenvalue weighted by Crippen LogP contribution is -2.15. The number of benzene rings is 1. The highest BCUT2D eigenvalue weighted by Crippen LogP contribution is 2.29. The molecule has 0 amide bonds. The number of thiocarbonyl (C=S) groups is 2. The van der Waals surface area contributed by atoms with Gasteiger partial charge < -0.3 is 9.73 Å². The van der Waals surface area contributed by atoms with Crippen molar-refractivity contribution in [3.63, 3.8) is 0 Å². The third-order valence-corrected chi connectivity index (χ3v) is 4.30. The fourth-order valence-corrected chi connectivity index (χ4v) is 3.21. The number of hydrogen-bond acceptors (Lipinski definition) is 4. The lowest BCUT2D eigenvalue weighted by Gasteiger charge is -1.96. The van der Waals surface area contributed by atoms with Gasteiger partial charge in [-0.1, -0.05) is 36.2 Å². The van der Waals surface area contributed by atoms with Gasteiger partial charge in [-0.2, -0.15) is 0 Å². The van der Waals surface area contributed by atoms with Crippen LogP contribution in [0.1, 0.15) is 5.76 Å². The van der Waals surface area contributed by atoms with Crippen LogP contribution in [0.2, 0.25) is 0 Å². The smallest absolute Gasteiger partial charge is 0.143 e. The maximum Gasteiger partial charge on any atom is 0.143 e. The lowest BCUT2D eigenvalue weighted by molar-refractivity contribution is 0.571. The molecule has 0 radical (unpaired) electrons. The van der Waals surface area contributed by atoms with Crippen LogP contribution in [0, 0.1) is 5.82 Å². The molecule has 100 valence electrons. The minimum absolute atomic E-state index is 0.269. The van der Waals surface area contributed by atoms with E-state index in [4.69, 9.17) is 28.9 Å². The van der Waals surface area contributed by atoms with E-state index < -0.39 is 0 Å². The van der Waals surface area contributed by atoms with Gasteiger partial charge >= 0.3 is 0 Å². The van der Waals surface area contributed by atoms with Crippen LogP contribution in [-0.4, -0.2) is 9.31 Å². The van der Waals surface area contributed by atoms with Crippen molar-refractivity contribution in [2.45, 2.75) is 0 Å². The van der Waals surface area contributed by atoms with Gasteiger partial charge in [0.25, 0.3) is 0 Å². The summed E-state index contributed by atoms with van der Waals surface area (Å²) in [5.41, 5.74) is 0.825. The molecule has 1 aromatic heterocycles. The third kappa shape index (κ3) is 2.82. The summed E-state index contributed by atoms with van der Waals surface area (Å²) in [6.07, 6.45) is 1.84. The van der Waals surface area contributed by atoms with Gasteiger partial charge in [-0.3, -0.25) is 0 Å². The van der Waals surface area contributed by atoms with Gasteiger partial charge in [0.15, 0.2) is 0 Å². The summed E-state index contributed by atoms with van der Waals surface area (Å²) in [5, 5.41) is 2.91. The van der Waals surface area contributed by atoms with Crippen molar-refractivity contribution < 1.29 is 8.81 Å². The van der Waals surface area contributed by atoms with Gasteiger partial charge in [-0.15, -0.1) is 0 Å².